The van der Waals surface area contributed by atoms with Gasteiger partial charge in [-0.15, -0.1) is 11.8 Å². The van der Waals surface area contributed by atoms with Crippen molar-refractivity contribution in [1.82, 2.24) is 5.32 Å². The van der Waals surface area contributed by atoms with Crippen LogP contribution >= 0.6 is 11.8 Å². The molecule has 0 aromatic heterocycles. The van der Waals surface area contributed by atoms with Crippen LogP contribution in [0, 0.1) is 0 Å². The highest BCUT2D eigenvalue weighted by molar-refractivity contribution is 8.01. The first kappa shape index (κ1) is 38.0. The number of amides is 2. The molecule has 0 atom stereocenters. The number of anilines is 1. The monoisotopic (exact) mass is 614 g/mol. The number of carbonyl (C=O) groups excluding carboxylic acids is 2. The second-order valence-electron chi connectivity index (χ2n) is 10.7. The maximum absolute atomic E-state index is 13.2. The smallest absolute Gasteiger partial charge is 0.339 e. The molecule has 0 aliphatic rings. The van der Waals surface area contributed by atoms with Gasteiger partial charge in [0.15, 0.2) is 0 Å². The van der Waals surface area contributed by atoms with Crippen LogP contribution in [0.3, 0.4) is 0 Å². The number of carboxylic acids is 1. The minimum absolute atomic E-state index is 0.242. The van der Waals surface area contributed by atoms with Gasteiger partial charge in [0.05, 0.1) is 4.75 Å². The fourth-order valence-corrected chi connectivity index (χ4v) is 6.14. The van der Waals surface area contributed by atoms with E-state index < -0.39 is 12.0 Å². The largest absolute Gasteiger partial charge is 0.507 e. The van der Waals surface area contributed by atoms with Gasteiger partial charge in [0.1, 0.15) is 17.1 Å². The summed E-state index contributed by atoms with van der Waals surface area (Å²) in [6.45, 7) is 6.65. The third-order valence-corrected chi connectivity index (χ3v) is 9.28. The van der Waals surface area contributed by atoms with Crippen LogP contribution in [0.5, 0.6) is 5.75 Å². The van der Waals surface area contributed by atoms with E-state index in [0.29, 0.717) is 19.4 Å². The van der Waals surface area contributed by atoms with Crippen molar-refractivity contribution in [2.24, 2.45) is 0 Å². The molecular formula is C35H54N2O5S. The van der Waals surface area contributed by atoms with Crippen LogP contribution in [0.1, 0.15) is 121 Å². The highest BCUT2D eigenvalue weighted by Gasteiger charge is 2.34. The second-order valence-corrected chi connectivity index (χ2v) is 12.2. The molecule has 1 rings (SSSR count). The van der Waals surface area contributed by atoms with Gasteiger partial charge in [-0.25, -0.2) is 9.59 Å². The van der Waals surface area contributed by atoms with Crippen LogP contribution in [0.4, 0.5) is 10.5 Å². The third kappa shape index (κ3) is 16.4. The van der Waals surface area contributed by atoms with E-state index in [1.54, 1.807) is 11.8 Å². The van der Waals surface area contributed by atoms with Crippen LogP contribution in [0.25, 0.3) is 0 Å². The van der Waals surface area contributed by atoms with Crippen molar-refractivity contribution in [3.8, 4) is 5.75 Å². The number of rotatable bonds is 24. The van der Waals surface area contributed by atoms with E-state index >= 15 is 0 Å². The highest BCUT2D eigenvalue weighted by Crippen LogP contribution is 2.35. The number of carbonyl (C=O) groups is 3. The Bertz CT molecular complexity index is 1050. The number of aromatic hydroxyl groups is 1. The summed E-state index contributed by atoms with van der Waals surface area (Å²) in [4.78, 5) is 36.5. The number of hydrogen-bond donors (Lipinski definition) is 4. The van der Waals surface area contributed by atoms with Crippen LogP contribution in [0.2, 0.25) is 0 Å². The van der Waals surface area contributed by atoms with Gasteiger partial charge in [-0.05, 0) is 81.7 Å². The predicted molar refractivity (Wildman–Crippen MR) is 181 cm³/mol. The van der Waals surface area contributed by atoms with Crippen molar-refractivity contribution >= 4 is 35.2 Å². The van der Waals surface area contributed by atoms with Gasteiger partial charge in [-0.1, -0.05) is 82.9 Å². The van der Waals surface area contributed by atoms with E-state index in [9.17, 15) is 19.5 Å². The van der Waals surface area contributed by atoms with Crippen LogP contribution < -0.4 is 10.6 Å². The van der Waals surface area contributed by atoms with Crippen LogP contribution in [-0.2, 0) is 4.79 Å². The van der Waals surface area contributed by atoms with E-state index in [-0.39, 0.29) is 27.5 Å². The van der Waals surface area contributed by atoms with Gasteiger partial charge in [0.25, 0.3) is 0 Å². The minimum Gasteiger partial charge on any atom is -0.507 e. The molecule has 8 heteroatoms. The van der Waals surface area contributed by atoms with Gasteiger partial charge >= 0.3 is 12.0 Å². The number of aromatic carboxylic acids is 1. The maximum atomic E-state index is 13.2. The zero-order valence-electron chi connectivity index (χ0n) is 26.5. The molecule has 0 unspecified atom stereocenters. The number of urea groups is 1. The molecule has 0 fully saturated rings. The first-order valence-corrected chi connectivity index (χ1v) is 17.0. The molecule has 0 spiro atoms. The number of phenols is 1. The normalized spacial score (nSPS) is 12.0. The lowest BCUT2D eigenvalue weighted by molar-refractivity contribution is -0.121. The molecule has 2 amide bonds. The molecule has 7 nitrogen and oxygen atoms in total. The Labute approximate surface area is 263 Å². The lowest BCUT2D eigenvalue weighted by Gasteiger charge is -2.29. The van der Waals surface area contributed by atoms with Gasteiger partial charge in [-0.2, -0.15) is 0 Å². The van der Waals surface area contributed by atoms with Gasteiger partial charge in [-0.3, -0.25) is 4.79 Å². The molecule has 240 valence electrons. The molecule has 0 heterocycles. The summed E-state index contributed by atoms with van der Waals surface area (Å²) in [7, 11) is 0. The Kier molecular flexibility index (Phi) is 20.7. The summed E-state index contributed by atoms with van der Waals surface area (Å²) < 4.78 is -0.366. The van der Waals surface area contributed by atoms with E-state index in [1.165, 1.54) is 50.3 Å². The van der Waals surface area contributed by atoms with Crippen molar-refractivity contribution in [2.45, 2.75) is 115 Å². The molecule has 0 saturated heterocycles. The maximum Gasteiger partial charge on any atom is 0.339 e. The molecule has 0 saturated carbocycles. The topological polar surface area (TPSA) is 116 Å². The fourth-order valence-electron chi connectivity index (χ4n) is 4.73. The molecular weight excluding hydrogens is 560 g/mol. The molecule has 0 bridgehead atoms. The summed E-state index contributed by atoms with van der Waals surface area (Å²) >= 11 is 1.80. The molecule has 43 heavy (non-hydrogen) atoms. The zero-order chi connectivity index (χ0) is 31.8. The van der Waals surface area contributed by atoms with Crippen LogP contribution in [0.15, 0.2) is 54.7 Å². The van der Waals surface area contributed by atoms with Crippen molar-refractivity contribution < 1.29 is 24.6 Å². The second kappa shape index (κ2) is 23.5. The van der Waals surface area contributed by atoms with Crippen molar-refractivity contribution in [3.63, 3.8) is 0 Å². The van der Waals surface area contributed by atoms with E-state index in [0.717, 1.165) is 50.7 Å². The van der Waals surface area contributed by atoms with Gasteiger partial charge < -0.3 is 20.8 Å². The minimum atomic E-state index is -1.28. The Balaban J connectivity index is 2.21. The lowest BCUT2D eigenvalue weighted by atomic mass is 9.94. The first-order valence-electron chi connectivity index (χ1n) is 16.0. The standard InChI is InChI=1S/C35H54N2O5S/c1-4-7-8-9-10-11-12-13-14-15-16-17-18-19-20-21-27-43-35(5-2,6-3)32(39)23-22-26-36-34(42)37-29-24-25-31(38)30(28-29)33(40)41/h7-8,10-11,13-14,24-25,28,38H,4-6,9,12,15-23,26-27H2,1-3H3,(H,40,41)(H2,36,37,42)/b8-7-,11-10-,14-13-. The Morgan fingerprint density at radius 1 is 0.837 bits per heavy atom. The number of benzene rings is 1. The van der Waals surface area contributed by atoms with Crippen LogP contribution in [-0.4, -0.2) is 45.0 Å². The molecule has 0 radical (unpaired) electrons. The average Bonchev–Trinajstić information content (AvgIpc) is 2.99. The number of carboxylic acid groups (broad SMARTS) is 1. The zero-order valence-corrected chi connectivity index (χ0v) is 27.4. The van der Waals surface area contributed by atoms with Crippen molar-refractivity contribution in [2.75, 3.05) is 17.6 Å². The number of ketones is 1. The van der Waals surface area contributed by atoms with Gasteiger partial charge in [0.2, 0.25) is 0 Å². The quantitative estimate of drug-likeness (QED) is 0.0524. The van der Waals surface area contributed by atoms with E-state index in [2.05, 4.69) is 67.9 Å². The lowest BCUT2D eigenvalue weighted by Crippen LogP contribution is -2.35. The molecule has 1 aromatic rings. The Hall–Kier alpha value is -3.00. The van der Waals surface area contributed by atoms with E-state index in [1.807, 2.05) is 0 Å². The summed E-state index contributed by atoms with van der Waals surface area (Å²) in [5, 5.41) is 24.0. The number of unbranched alkanes of at least 4 members (excludes halogenated alkanes) is 6. The van der Waals surface area contributed by atoms with E-state index in [4.69, 9.17) is 5.11 Å². The molecule has 1 aromatic carbocycles. The predicted octanol–water partition coefficient (Wildman–Crippen LogP) is 9.44. The van der Waals surface area contributed by atoms with Gasteiger partial charge in [0, 0.05) is 18.7 Å². The highest BCUT2D eigenvalue weighted by atomic mass is 32.2. The summed E-state index contributed by atoms with van der Waals surface area (Å²) in [5.74, 6) is -0.414. The first-order chi connectivity index (χ1) is 20.8. The summed E-state index contributed by atoms with van der Waals surface area (Å²) in [6.07, 6.45) is 27.6. The fraction of sp³-hybridized carbons (Fsp3) is 0.571. The Morgan fingerprint density at radius 2 is 1.47 bits per heavy atom. The summed E-state index contributed by atoms with van der Waals surface area (Å²) in [6, 6.07) is 3.35. The SMILES string of the molecule is CC/C=C\C/C=C\C/C=C\CCCCCCCCSC(CC)(CC)C(=O)CCCNC(=O)Nc1ccc(O)c(C(=O)O)c1. The number of nitrogens with one attached hydrogen (secondary N) is 2. The number of Topliss-reactive ketones (excluding diaryl/α,β-unsaturated/α-hetero) is 1. The third-order valence-electron chi connectivity index (χ3n) is 7.42. The van der Waals surface area contributed by atoms with Crippen molar-refractivity contribution in [3.05, 3.63) is 60.2 Å². The van der Waals surface area contributed by atoms with Crippen molar-refractivity contribution in [1.29, 1.82) is 0 Å². The summed E-state index contributed by atoms with van der Waals surface area (Å²) in [5.41, 5.74) is -0.0241. The number of allylic oxidation sites excluding steroid dienone is 6. The number of hydrogen-bond acceptors (Lipinski definition) is 5. The Morgan fingerprint density at radius 3 is 2.12 bits per heavy atom. The molecule has 0 aliphatic carbocycles. The number of thioether (sulfide) groups is 1. The molecule has 0 aliphatic heterocycles. The average molecular weight is 615 g/mol. The molecule has 4 N–H and O–H groups in total.